The van der Waals surface area contributed by atoms with Gasteiger partial charge in [-0.15, -0.1) is 10.2 Å². The third kappa shape index (κ3) is 1.94. The van der Waals surface area contributed by atoms with E-state index in [9.17, 15) is 5.11 Å². The highest BCUT2D eigenvalue weighted by atomic mass is 16.5. The van der Waals surface area contributed by atoms with Crippen molar-refractivity contribution in [2.24, 2.45) is 0 Å². The molecule has 0 aliphatic heterocycles. The van der Waals surface area contributed by atoms with E-state index in [1.54, 1.807) is 12.5 Å². The van der Waals surface area contributed by atoms with E-state index in [2.05, 4.69) is 25.3 Å². The molecule has 0 spiro atoms. The minimum atomic E-state index is -1.04. The zero-order chi connectivity index (χ0) is 18.0. The highest BCUT2D eigenvalue weighted by Gasteiger charge is 2.39. The van der Waals surface area contributed by atoms with Gasteiger partial charge in [0, 0.05) is 5.39 Å². The van der Waals surface area contributed by atoms with Crippen LogP contribution in [-0.4, -0.2) is 39.2 Å². The zero-order valence-electron chi connectivity index (χ0n) is 14.3. The van der Waals surface area contributed by atoms with Crippen LogP contribution < -0.4 is 0 Å². The summed E-state index contributed by atoms with van der Waals surface area (Å²) in [4.78, 5) is 8.72. The highest BCUT2D eigenvalue weighted by Crippen LogP contribution is 2.38. The Balaban J connectivity index is 1.63. The van der Waals surface area contributed by atoms with Crippen molar-refractivity contribution in [3.05, 3.63) is 42.7 Å². The average Bonchev–Trinajstić information content (AvgIpc) is 3.45. The smallest absolute Gasteiger partial charge is 0.259 e. The summed E-state index contributed by atoms with van der Waals surface area (Å²) in [5.74, 6) is 1.01. The normalized spacial score (nSPS) is 16.8. The number of hydrogen-bond donors (Lipinski definition) is 1. The van der Waals surface area contributed by atoms with E-state index >= 15 is 0 Å². The lowest BCUT2D eigenvalue weighted by atomic mass is 10.0. The Morgan fingerprint density at radius 2 is 1.96 bits per heavy atom. The molecule has 27 heavy (non-hydrogen) atoms. The van der Waals surface area contributed by atoms with Crippen LogP contribution in [0.1, 0.15) is 31.6 Å². The van der Waals surface area contributed by atoms with Gasteiger partial charge in [-0.3, -0.25) is 8.80 Å². The van der Waals surface area contributed by atoms with Gasteiger partial charge in [-0.1, -0.05) is 17.3 Å². The minimum Gasteiger partial charge on any atom is -0.380 e. The maximum Gasteiger partial charge on any atom is 0.259 e. The monoisotopic (exact) mass is 361 g/mol. The maximum atomic E-state index is 10.7. The van der Waals surface area contributed by atoms with Crippen LogP contribution in [0.15, 0.2) is 41.3 Å². The maximum absolute atomic E-state index is 10.7. The Kier molecular flexibility index (Phi) is 2.80. The fourth-order valence-electron chi connectivity index (χ4n) is 4.01. The summed E-state index contributed by atoms with van der Waals surface area (Å²) in [6.07, 6.45) is 6.66. The Morgan fingerprint density at radius 1 is 1.11 bits per heavy atom. The molecular weight excluding hydrogens is 346 g/mol. The molecule has 1 aliphatic rings. The van der Waals surface area contributed by atoms with Crippen LogP contribution in [0.25, 0.3) is 33.8 Å². The molecule has 0 amide bonds. The van der Waals surface area contributed by atoms with Gasteiger partial charge < -0.3 is 9.63 Å². The van der Waals surface area contributed by atoms with E-state index in [0.717, 1.165) is 29.4 Å². The predicted octanol–water partition coefficient (Wildman–Crippen LogP) is 2.34. The fraction of sp³-hybridized carbons (Fsp3) is 0.278. The van der Waals surface area contributed by atoms with Gasteiger partial charge in [0.15, 0.2) is 5.65 Å². The van der Waals surface area contributed by atoms with Crippen molar-refractivity contribution in [1.29, 1.82) is 0 Å². The topological polar surface area (TPSA) is 107 Å². The molecule has 4 heterocycles. The van der Waals surface area contributed by atoms with Crippen LogP contribution in [0.5, 0.6) is 0 Å². The fourth-order valence-corrected chi connectivity index (χ4v) is 4.01. The molecule has 134 valence electrons. The summed E-state index contributed by atoms with van der Waals surface area (Å²) in [7, 11) is 0. The first-order valence-corrected chi connectivity index (χ1v) is 8.89. The Hall–Kier alpha value is -3.33. The second-order valence-electron chi connectivity index (χ2n) is 6.98. The quantitative estimate of drug-likeness (QED) is 0.514. The summed E-state index contributed by atoms with van der Waals surface area (Å²) in [5, 5.41) is 24.4. The van der Waals surface area contributed by atoms with Crippen molar-refractivity contribution in [2.45, 2.75) is 31.3 Å². The molecule has 0 bridgehead atoms. The Bertz CT molecular complexity index is 1310. The second-order valence-corrected chi connectivity index (χ2v) is 6.98. The van der Waals surface area contributed by atoms with E-state index in [0.29, 0.717) is 30.1 Å². The molecule has 0 radical (unpaired) electrons. The molecule has 6 rings (SSSR count). The number of aliphatic hydroxyl groups is 1. The van der Waals surface area contributed by atoms with Gasteiger partial charge in [0.25, 0.3) is 5.89 Å². The van der Waals surface area contributed by atoms with Crippen molar-refractivity contribution in [3.8, 4) is 11.6 Å². The number of aromatic nitrogens is 7. The van der Waals surface area contributed by atoms with E-state index in [1.807, 2.05) is 33.1 Å². The number of nitrogens with zero attached hydrogens (tertiary/aromatic N) is 7. The Morgan fingerprint density at radius 3 is 2.85 bits per heavy atom. The molecule has 1 N–H and O–H groups in total. The molecule has 1 aromatic carbocycles. The summed E-state index contributed by atoms with van der Waals surface area (Å²) < 4.78 is 9.23. The molecule has 1 aliphatic carbocycles. The summed E-state index contributed by atoms with van der Waals surface area (Å²) in [6.45, 7) is 0. The SMILES string of the molecule is OC1(c2nc(-c3nnc4c5ccccc5n5cncc5n34)no2)CCCC1. The van der Waals surface area contributed by atoms with Gasteiger partial charge in [0.2, 0.25) is 11.6 Å². The Labute approximate surface area is 152 Å². The zero-order valence-corrected chi connectivity index (χ0v) is 14.3. The second kappa shape index (κ2) is 5.10. The van der Waals surface area contributed by atoms with E-state index in [1.165, 1.54) is 0 Å². The van der Waals surface area contributed by atoms with Crippen molar-refractivity contribution >= 4 is 22.2 Å². The average molecular weight is 361 g/mol. The van der Waals surface area contributed by atoms with Gasteiger partial charge >= 0.3 is 0 Å². The molecule has 1 saturated carbocycles. The van der Waals surface area contributed by atoms with Crippen LogP contribution in [0.4, 0.5) is 0 Å². The van der Waals surface area contributed by atoms with Gasteiger partial charge in [-0.05, 0) is 37.8 Å². The van der Waals surface area contributed by atoms with Crippen molar-refractivity contribution < 1.29 is 9.63 Å². The first kappa shape index (κ1) is 14.8. The van der Waals surface area contributed by atoms with Gasteiger partial charge in [-0.2, -0.15) is 4.98 Å². The largest absolute Gasteiger partial charge is 0.380 e. The van der Waals surface area contributed by atoms with Crippen LogP contribution in [0.2, 0.25) is 0 Å². The predicted molar refractivity (Wildman–Crippen MR) is 94.9 cm³/mol. The lowest BCUT2D eigenvalue weighted by molar-refractivity contribution is 0.0112. The van der Waals surface area contributed by atoms with Crippen LogP contribution in [0.3, 0.4) is 0 Å². The van der Waals surface area contributed by atoms with Gasteiger partial charge in [0.05, 0.1) is 11.7 Å². The molecular formula is C18H15N7O2. The molecule has 0 atom stereocenters. The van der Waals surface area contributed by atoms with Crippen LogP contribution in [-0.2, 0) is 5.60 Å². The number of benzene rings is 1. The van der Waals surface area contributed by atoms with Crippen LogP contribution >= 0.6 is 0 Å². The van der Waals surface area contributed by atoms with E-state index in [-0.39, 0.29) is 5.89 Å². The summed E-state index contributed by atoms with van der Waals surface area (Å²) >= 11 is 0. The number of imidazole rings is 1. The third-order valence-electron chi connectivity index (χ3n) is 5.37. The standard InChI is InChI=1S/C18H15N7O2/c26-18(7-3-4-8-18)17-20-14(23-27-17)16-22-21-15-11-5-1-2-6-12(11)24-10-19-9-13(24)25(15)16/h1-2,5-6,9-10,26H,3-4,7-8H2. The van der Waals surface area contributed by atoms with Crippen LogP contribution in [0, 0.1) is 0 Å². The van der Waals surface area contributed by atoms with Crippen molar-refractivity contribution in [3.63, 3.8) is 0 Å². The molecule has 4 aromatic heterocycles. The molecule has 0 unspecified atom stereocenters. The lowest BCUT2D eigenvalue weighted by Gasteiger charge is -2.15. The lowest BCUT2D eigenvalue weighted by Crippen LogP contribution is -2.21. The van der Waals surface area contributed by atoms with Crippen molar-refractivity contribution in [1.82, 2.24) is 34.1 Å². The van der Waals surface area contributed by atoms with E-state index < -0.39 is 5.60 Å². The molecule has 1 fully saturated rings. The first-order chi connectivity index (χ1) is 13.2. The van der Waals surface area contributed by atoms with E-state index in [4.69, 9.17) is 4.52 Å². The van der Waals surface area contributed by atoms with Gasteiger partial charge in [0.1, 0.15) is 17.6 Å². The first-order valence-electron chi connectivity index (χ1n) is 8.89. The summed E-state index contributed by atoms with van der Waals surface area (Å²) in [6, 6.07) is 7.94. The molecule has 9 heteroatoms. The number of fused-ring (bicyclic) bond motifs is 6. The number of rotatable bonds is 2. The minimum absolute atomic E-state index is 0.247. The van der Waals surface area contributed by atoms with Gasteiger partial charge in [-0.25, -0.2) is 4.98 Å². The number of hydrogen-bond acceptors (Lipinski definition) is 7. The molecule has 5 aromatic rings. The molecule has 0 saturated heterocycles. The third-order valence-corrected chi connectivity index (χ3v) is 5.37. The molecule has 9 nitrogen and oxygen atoms in total. The highest BCUT2D eigenvalue weighted by molar-refractivity contribution is 5.94. The van der Waals surface area contributed by atoms with Crippen molar-refractivity contribution in [2.75, 3.05) is 0 Å². The summed E-state index contributed by atoms with van der Waals surface area (Å²) in [5.41, 5.74) is 1.45. The number of para-hydroxylation sites is 1.